The van der Waals surface area contributed by atoms with Crippen LogP contribution in [-0.2, 0) is 17.5 Å². The third-order valence-electron chi connectivity index (χ3n) is 3.38. The van der Waals surface area contributed by atoms with Gasteiger partial charge >= 0.3 is 12.1 Å². The molecule has 0 saturated heterocycles. The Bertz CT molecular complexity index is 741. The third-order valence-corrected chi connectivity index (χ3v) is 3.73. The van der Waals surface area contributed by atoms with Crippen molar-refractivity contribution in [1.82, 2.24) is 15.5 Å². The van der Waals surface area contributed by atoms with E-state index in [-0.39, 0.29) is 24.2 Å². The molecule has 23 heavy (non-hydrogen) atoms. The fourth-order valence-corrected chi connectivity index (χ4v) is 2.21. The van der Waals surface area contributed by atoms with E-state index in [0.717, 1.165) is 12.8 Å². The van der Waals surface area contributed by atoms with Gasteiger partial charge < -0.3 is 9.84 Å². The summed E-state index contributed by atoms with van der Waals surface area (Å²) in [6, 6.07) is 4.56. The quantitative estimate of drug-likeness (QED) is 0.921. The van der Waals surface area contributed by atoms with Crippen LogP contribution in [0.25, 0.3) is 11.4 Å². The average Bonchev–Trinajstić information content (AvgIpc) is 3.21. The Kier molecular flexibility index (Phi) is 4.01. The van der Waals surface area contributed by atoms with Gasteiger partial charge in [-0.05, 0) is 24.5 Å². The van der Waals surface area contributed by atoms with Crippen LogP contribution in [0.15, 0.2) is 22.7 Å². The summed E-state index contributed by atoms with van der Waals surface area (Å²) in [5.41, 5.74) is 0.954. The zero-order valence-corrected chi connectivity index (χ0v) is 12.4. The Morgan fingerprint density at radius 2 is 2.13 bits per heavy atom. The highest BCUT2D eigenvalue weighted by atomic mass is 35.5. The molecule has 0 atom stereocenters. The number of benzene rings is 1. The first kappa shape index (κ1) is 15.8. The molecule has 1 amide bonds. The minimum atomic E-state index is -4.69. The molecule has 122 valence electrons. The number of nitrogens with zero attached hydrogens (tertiary/aromatic N) is 2. The van der Waals surface area contributed by atoms with Crippen LogP contribution in [0.5, 0.6) is 0 Å². The smallest absolute Gasteiger partial charge is 0.352 e. The summed E-state index contributed by atoms with van der Waals surface area (Å²) >= 11 is 6.09. The summed E-state index contributed by atoms with van der Waals surface area (Å²) in [4.78, 5) is 14.9. The number of alkyl halides is 3. The van der Waals surface area contributed by atoms with Crippen molar-refractivity contribution in [2.45, 2.75) is 25.6 Å². The summed E-state index contributed by atoms with van der Waals surface area (Å²) in [5, 5.41) is 6.36. The third kappa shape index (κ3) is 3.64. The van der Waals surface area contributed by atoms with Gasteiger partial charge in [0.1, 0.15) is 0 Å². The first-order valence-corrected chi connectivity index (χ1v) is 7.20. The molecule has 1 fully saturated rings. The van der Waals surface area contributed by atoms with Gasteiger partial charge in [0, 0.05) is 23.0 Å². The summed E-state index contributed by atoms with van der Waals surface area (Å²) in [6.07, 6.45) is -2.89. The maximum atomic E-state index is 12.4. The van der Waals surface area contributed by atoms with Crippen LogP contribution in [0.3, 0.4) is 0 Å². The number of rotatable bonds is 4. The summed E-state index contributed by atoms with van der Waals surface area (Å²) in [6.45, 7) is 0.258. The molecule has 5 nitrogen and oxygen atoms in total. The molecule has 1 N–H and O–H groups in total. The Balaban J connectivity index is 1.73. The summed E-state index contributed by atoms with van der Waals surface area (Å²) in [5.74, 6) is -1.54. The molecule has 3 rings (SSSR count). The maximum absolute atomic E-state index is 12.4. The first-order valence-electron chi connectivity index (χ1n) is 6.82. The van der Waals surface area contributed by atoms with Crippen molar-refractivity contribution in [3.63, 3.8) is 0 Å². The zero-order valence-electron chi connectivity index (χ0n) is 11.7. The van der Waals surface area contributed by atoms with Gasteiger partial charge in [-0.15, -0.1) is 0 Å². The van der Waals surface area contributed by atoms with Crippen molar-refractivity contribution in [3.8, 4) is 11.4 Å². The van der Waals surface area contributed by atoms with Crippen molar-refractivity contribution in [2.24, 2.45) is 5.92 Å². The highest BCUT2D eigenvalue weighted by Crippen LogP contribution is 2.31. The molecular formula is C14H11ClF3N3O2. The van der Waals surface area contributed by atoms with Gasteiger partial charge in [0.15, 0.2) is 0 Å². The number of halogens is 4. The molecule has 0 unspecified atom stereocenters. The zero-order chi connectivity index (χ0) is 16.6. The number of amides is 1. The monoisotopic (exact) mass is 345 g/mol. The molecule has 1 saturated carbocycles. The van der Waals surface area contributed by atoms with Crippen molar-refractivity contribution in [1.29, 1.82) is 0 Å². The van der Waals surface area contributed by atoms with Crippen LogP contribution in [0.2, 0.25) is 5.02 Å². The topological polar surface area (TPSA) is 68.0 Å². The fourth-order valence-electron chi connectivity index (χ4n) is 1.96. The molecule has 9 heteroatoms. The number of hydrogen-bond acceptors (Lipinski definition) is 4. The van der Waals surface area contributed by atoms with Crippen LogP contribution < -0.4 is 5.32 Å². The molecule has 0 aliphatic heterocycles. The summed E-state index contributed by atoms with van der Waals surface area (Å²) in [7, 11) is 0. The predicted octanol–water partition coefficient (Wildman–Crippen LogP) is 3.44. The molecule has 1 aromatic heterocycles. The van der Waals surface area contributed by atoms with Gasteiger partial charge in [-0.1, -0.05) is 28.9 Å². The SMILES string of the molecule is O=C(NCc1ccc(-c2noc(C(F)(F)F)n2)cc1Cl)C1CC1. The fraction of sp³-hybridized carbons (Fsp3) is 0.357. The van der Waals surface area contributed by atoms with E-state index in [4.69, 9.17) is 11.6 Å². The van der Waals surface area contributed by atoms with Crippen molar-refractivity contribution in [2.75, 3.05) is 0 Å². The van der Waals surface area contributed by atoms with Crippen molar-refractivity contribution < 1.29 is 22.5 Å². The molecule has 1 heterocycles. The molecule has 0 bridgehead atoms. The van der Waals surface area contributed by atoms with Crippen LogP contribution in [0.4, 0.5) is 13.2 Å². The van der Waals surface area contributed by atoms with Gasteiger partial charge in [0.05, 0.1) is 0 Å². The first-order chi connectivity index (χ1) is 10.8. The second-order valence-electron chi connectivity index (χ2n) is 5.22. The van der Waals surface area contributed by atoms with E-state index in [2.05, 4.69) is 20.0 Å². The molecule has 0 radical (unpaired) electrons. The van der Waals surface area contributed by atoms with E-state index < -0.39 is 12.1 Å². The Morgan fingerprint density at radius 1 is 1.39 bits per heavy atom. The minimum Gasteiger partial charge on any atom is -0.352 e. The second kappa shape index (κ2) is 5.84. The van der Waals surface area contributed by atoms with Gasteiger partial charge in [-0.25, -0.2) is 0 Å². The van der Waals surface area contributed by atoms with Crippen molar-refractivity contribution in [3.05, 3.63) is 34.7 Å². The minimum absolute atomic E-state index is 0.0156. The van der Waals surface area contributed by atoms with Gasteiger partial charge in [0.25, 0.3) is 0 Å². The molecule has 0 spiro atoms. The van der Waals surface area contributed by atoms with E-state index >= 15 is 0 Å². The molecular weight excluding hydrogens is 335 g/mol. The second-order valence-corrected chi connectivity index (χ2v) is 5.63. The van der Waals surface area contributed by atoms with Gasteiger partial charge in [-0.3, -0.25) is 4.79 Å². The maximum Gasteiger partial charge on any atom is 0.471 e. The number of aromatic nitrogens is 2. The standard InChI is InChI=1S/C14H11ClF3N3O2/c15-10-5-8(11-20-13(23-21-11)14(16,17)18)3-4-9(10)6-19-12(22)7-1-2-7/h3-5,7H,1-2,6H2,(H,19,22). The highest BCUT2D eigenvalue weighted by molar-refractivity contribution is 6.31. The Morgan fingerprint density at radius 3 is 2.70 bits per heavy atom. The number of carbonyl (C=O) groups excluding carboxylic acids is 1. The van der Waals surface area contributed by atoms with Crippen LogP contribution in [-0.4, -0.2) is 16.0 Å². The molecule has 1 aromatic carbocycles. The average molecular weight is 346 g/mol. The normalized spacial score (nSPS) is 14.8. The highest BCUT2D eigenvalue weighted by Gasteiger charge is 2.38. The van der Waals surface area contributed by atoms with E-state index in [1.165, 1.54) is 12.1 Å². The lowest BCUT2D eigenvalue weighted by Crippen LogP contribution is -2.24. The number of hydrogen-bond donors (Lipinski definition) is 1. The molecule has 2 aromatic rings. The predicted molar refractivity (Wildman–Crippen MR) is 74.3 cm³/mol. The Hall–Kier alpha value is -2.09. The van der Waals surface area contributed by atoms with Crippen molar-refractivity contribution >= 4 is 17.5 Å². The molecule has 1 aliphatic carbocycles. The summed E-state index contributed by atoms with van der Waals surface area (Å²) < 4.78 is 41.5. The van der Waals surface area contributed by atoms with E-state index in [1.807, 2.05) is 0 Å². The number of carbonyl (C=O) groups is 1. The van der Waals surface area contributed by atoms with Crippen LogP contribution in [0.1, 0.15) is 24.3 Å². The van der Waals surface area contributed by atoms with Gasteiger partial charge in [0.2, 0.25) is 11.7 Å². The number of nitrogens with one attached hydrogen (secondary N) is 1. The Labute approximate surface area is 133 Å². The lowest BCUT2D eigenvalue weighted by molar-refractivity contribution is -0.159. The lowest BCUT2D eigenvalue weighted by atomic mass is 10.1. The largest absolute Gasteiger partial charge is 0.471 e. The van der Waals surface area contributed by atoms with E-state index in [9.17, 15) is 18.0 Å². The van der Waals surface area contributed by atoms with Crippen LogP contribution >= 0.6 is 11.6 Å². The molecule has 1 aliphatic rings. The van der Waals surface area contributed by atoms with E-state index in [1.54, 1.807) is 6.07 Å². The van der Waals surface area contributed by atoms with Gasteiger partial charge in [-0.2, -0.15) is 18.2 Å². The van der Waals surface area contributed by atoms with E-state index in [0.29, 0.717) is 16.1 Å². The van der Waals surface area contributed by atoms with Crippen LogP contribution in [0, 0.1) is 5.92 Å². The lowest BCUT2D eigenvalue weighted by Gasteiger charge is -2.07.